The Labute approximate surface area is 116 Å². The quantitative estimate of drug-likeness (QED) is 0.878. The summed E-state index contributed by atoms with van der Waals surface area (Å²) in [4.78, 5) is 11.5. The van der Waals surface area contributed by atoms with Gasteiger partial charge in [-0.3, -0.25) is 4.79 Å². The molecule has 0 aromatic carbocycles. The van der Waals surface area contributed by atoms with E-state index in [1.54, 1.807) is 23.5 Å². The van der Waals surface area contributed by atoms with E-state index in [1.165, 1.54) is 11.1 Å². The molecule has 0 fully saturated rings. The van der Waals surface area contributed by atoms with Crippen molar-refractivity contribution in [3.63, 3.8) is 0 Å². The molecule has 1 amide bonds. The van der Waals surface area contributed by atoms with Crippen molar-refractivity contribution in [1.29, 1.82) is 0 Å². The summed E-state index contributed by atoms with van der Waals surface area (Å²) < 4.78 is 0. The lowest BCUT2D eigenvalue weighted by Gasteiger charge is -2.05. The summed E-state index contributed by atoms with van der Waals surface area (Å²) in [6.45, 7) is 5.24. The zero-order valence-electron chi connectivity index (χ0n) is 10.9. The summed E-state index contributed by atoms with van der Waals surface area (Å²) in [6, 6.07) is 3.43. The van der Waals surface area contributed by atoms with Crippen LogP contribution in [0, 0.1) is 6.92 Å². The van der Waals surface area contributed by atoms with Gasteiger partial charge in [0.2, 0.25) is 0 Å². The molecule has 2 aromatic rings. The Bertz CT molecular complexity index is 550. The molecule has 2 N–H and O–H groups in total. The molecule has 0 saturated carbocycles. The molecule has 0 radical (unpaired) electrons. The molecule has 0 saturated heterocycles. The van der Waals surface area contributed by atoms with Gasteiger partial charge in [0.05, 0.1) is 0 Å². The molecular formula is C13H16N4OS. The first-order valence-corrected chi connectivity index (χ1v) is 7.02. The van der Waals surface area contributed by atoms with Crippen LogP contribution in [0.15, 0.2) is 22.9 Å². The van der Waals surface area contributed by atoms with Crippen molar-refractivity contribution in [2.75, 3.05) is 11.9 Å². The molecule has 0 bridgehead atoms. The smallest absolute Gasteiger partial charge is 0.271 e. The zero-order valence-corrected chi connectivity index (χ0v) is 11.8. The van der Waals surface area contributed by atoms with Gasteiger partial charge < -0.3 is 10.6 Å². The van der Waals surface area contributed by atoms with Crippen LogP contribution in [0.3, 0.4) is 0 Å². The first-order valence-electron chi connectivity index (χ1n) is 6.08. The fourth-order valence-electron chi connectivity index (χ4n) is 1.55. The number of nitrogens with one attached hydrogen (secondary N) is 2. The maximum atomic E-state index is 11.5. The van der Waals surface area contributed by atoms with Crippen molar-refractivity contribution in [3.05, 3.63) is 39.7 Å². The van der Waals surface area contributed by atoms with E-state index in [-0.39, 0.29) is 5.91 Å². The predicted molar refractivity (Wildman–Crippen MR) is 76.4 cm³/mol. The maximum Gasteiger partial charge on any atom is 0.271 e. The van der Waals surface area contributed by atoms with Crippen LogP contribution < -0.4 is 10.6 Å². The van der Waals surface area contributed by atoms with E-state index in [4.69, 9.17) is 0 Å². The van der Waals surface area contributed by atoms with Crippen LogP contribution in [0.4, 0.5) is 5.82 Å². The lowest BCUT2D eigenvalue weighted by molar-refractivity contribution is 0.0950. The Morgan fingerprint density at radius 3 is 2.74 bits per heavy atom. The second-order valence-electron chi connectivity index (χ2n) is 4.10. The number of amides is 1. The number of aromatic nitrogens is 2. The number of nitrogens with zero attached hydrogens (tertiary/aromatic N) is 2. The molecule has 5 nitrogen and oxygen atoms in total. The molecule has 0 unspecified atom stereocenters. The van der Waals surface area contributed by atoms with Crippen molar-refractivity contribution >= 4 is 23.1 Å². The number of hydrogen-bond donors (Lipinski definition) is 2. The average Bonchev–Trinajstić information content (AvgIpc) is 2.83. The third-order valence-electron chi connectivity index (χ3n) is 2.66. The van der Waals surface area contributed by atoms with E-state index >= 15 is 0 Å². The van der Waals surface area contributed by atoms with Crippen LogP contribution in [-0.2, 0) is 6.54 Å². The minimum Gasteiger partial charge on any atom is -0.364 e. The molecule has 2 rings (SSSR count). The third-order valence-corrected chi connectivity index (χ3v) is 3.57. The third kappa shape index (κ3) is 3.51. The van der Waals surface area contributed by atoms with Crippen LogP contribution in [0.25, 0.3) is 0 Å². The summed E-state index contributed by atoms with van der Waals surface area (Å²) in [7, 11) is 0. The van der Waals surface area contributed by atoms with Gasteiger partial charge in [0.15, 0.2) is 5.69 Å². The van der Waals surface area contributed by atoms with E-state index in [9.17, 15) is 4.79 Å². The van der Waals surface area contributed by atoms with Crippen LogP contribution in [-0.4, -0.2) is 22.6 Å². The van der Waals surface area contributed by atoms with Gasteiger partial charge in [-0.15, -0.1) is 10.2 Å². The van der Waals surface area contributed by atoms with E-state index in [0.29, 0.717) is 24.6 Å². The molecule has 2 heterocycles. The lowest BCUT2D eigenvalue weighted by atomic mass is 10.2. The number of carbonyl (C=O) groups excluding carboxylic acids is 1. The van der Waals surface area contributed by atoms with Gasteiger partial charge in [-0.1, -0.05) is 0 Å². The second-order valence-corrected chi connectivity index (χ2v) is 4.84. The number of hydrogen-bond acceptors (Lipinski definition) is 5. The molecule has 0 aliphatic heterocycles. The number of carbonyl (C=O) groups is 1. The highest BCUT2D eigenvalue weighted by Gasteiger charge is 2.06. The van der Waals surface area contributed by atoms with Gasteiger partial charge in [0.1, 0.15) is 5.82 Å². The molecule has 0 spiro atoms. The number of anilines is 1. The van der Waals surface area contributed by atoms with Crippen LogP contribution in [0.5, 0.6) is 0 Å². The molecule has 0 atom stereocenters. The number of thiophene rings is 1. The molecule has 100 valence electrons. The van der Waals surface area contributed by atoms with Crippen molar-refractivity contribution in [1.82, 2.24) is 15.5 Å². The van der Waals surface area contributed by atoms with E-state index in [1.807, 2.05) is 6.92 Å². The van der Waals surface area contributed by atoms with Crippen LogP contribution in [0.1, 0.15) is 28.5 Å². The molecular weight excluding hydrogens is 260 g/mol. The summed E-state index contributed by atoms with van der Waals surface area (Å²) in [5.41, 5.74) is 2.85. The molecule has 0 aliphatic rings. The summed E-state index contributed by atoms with van der Waals surface area (Å²) >= 11 is 1.68. The van der Waals surface area contributed by atoms with Gasteiger partial charge in [-0.2, -0.15) is 11.3 Å². The normalized spacial score (nSPS) is 10.2. The van der Waals surface area contributed by atoms with E-state index in [0.717, 1.165) is 0 Å². The van der Waals surface area contributed by atoms with Gasteiger partial charge in [-0.05, 0) is 47.9 Å². The molecule has 2 aromatic heterocycles. The van der Waals surface area contributed by atoms with Crippen LogP contribution in [0.2, 0.25) is 0 Å². The van der Waals surface area contributed by atoms with Gasteiger partial charge in [0, 0.05) is 13.1 Å². The summed E-state index contributed by atoms with van der Waals surface area (Å²) in [6.07, 6.45) is 0. The van der Waals surface area contributed by atoms with Gasteiger partial charge >= 0.3 is 0 Å². The lowest BCUT2D eigenvalue weighted by Crippen LogP contribution is -2.24. The largest absolute Gasteiger partial charge is 0.364 e. The monoisotopic (exact) mass is 276 g/mol. The predicted octanol–water partition coefficient (Wildman–Crippen LogP) is 2.21. The molecule has 19 heavy (non-hydrogen) atoms. The maximum absolute atomic E-state index is 11.5. The standard InChI is InChI=1S/C13H16N4OS/c1-3-14-13(18)11-4-5-12(17-16-11)15-6-10-8-19-7-9(10)2/h4-5,7-8H,3,6H2,1-2H3,(H,14,18)(H,15,17). The summed E-state index contributed by atoms with van der Waals surface area (Å²) in [5.74, 6) is 0.467. The first-order chi connectivity index (χ1) is 9.20. The molecule has 0 aliphatic carbocycles. The number of rotatable bonds is 5. The zero-order chi connectivity index (χ0) is 13.7. The average molecular weight is 276 g/mol. The Morgan fingerprint density at radius 1 is 1.32 bits per heavy atom. The van der Waals surface area contributed by atoms with Gasteiger partial charge in [-0.25, -0.2) is 0 Å². The Balaban J connectivity index is 1.95. The number of aryl methyl sites for hydroxylation is 1. The van der Waals surface area contributed by atoms with Crippen molar-refractivity contribution in [3.8, 4) is 0 Å². The van der Waals surface area contributed by atoms with Crippen molar-refractivity contribution < 1.29 is 4.79 Å². The Kier molecular flexibility index (Phi) is 4.46. The highest BCUT2D eigenvalue weighted by molar-refractivity contribution is 7.08. The highest BCUT2D eigenvalue weighted by atomic mass is 32.1. The van der Waals surface area contributed by atoms with E-state index < -0.39 is 0 Å². The second kappa shape index (κ2) is 6.29. The first kappa shape index (κ1) is 13.5. The fraction of sp³-hybridized carbons (Fsp3) is 0.308. The van der Waals surface area contributed by atoms with Crippen LogP contribution >= 0.6 is 11.3 Å². The topological polar surface area (TPSA) is 66.9 Å². The van der Waals surface area contributed by atoms with E-state index in [2.05, 4.69) is 38.5 Å². The fourth-order valence-corrected chi connectivity index (χ4v) is 2.41. The van der Waals surface area contributed by atoms with Crippen molar-refractivity contribution in [2.45, 2.75) is 20.4 Å². The Hall–Kier alpha value is -1.95. The SMILES string of the molecule is CCNC(=O)c1ccc(NCc2cscc2C)nn1. The highest BCUT2D eigenvalue weighted by Crippen LogP contribution is 2.15. The van der Waals surface area contributed by atoms with Gasteiger partial charge in [0.25, 0.3) is 5.91 Å². The minimum absolute atomic E-state index is 0.199. The minimum atomic E-state index is -0.199. The Morgan fingerprint density at radius 2 is 2.16 bits per heavy atom. The van der Waals surface area contributed by atoms with Crippen molar-refractivity contribution in [2.24, 2.45) is 0 Å². The molecule has 6 heteroatoms. The summed E-state index contributed by atoms with van der Waals surface area (Å²) in [5, 5.41) is 18.0.